The third-order valence-electron chi connectivity index (χ3n) is 0. The molecule has 0 amide bonds. The van der Waals surface area contributed by atoms with Gasteiger partial charge < -0.3 is 0 Å². The molecule has 0 saturated carbocycles. The van der Waals surface area contributed by atoms with E-state index in [0.29, 0.717) is 0 Å². The zero-order chi connectivity index (χ0) is 2.71. The van der Waals surface area contributed by atoms with Crippen LogP contribution in [0.25, 0.3) is 0 Å². The Morgan fingerprint density at radius 3 is 1.20 bits per heavy atom. The minimum atomic E-state index is 0. The zero-order valence-corrected chi connectivity index (χ0v) is 7.71. The Bertz CT molecular complexity index is 9.61. The van der Waals surface area contributed by atoms with E-state index in [-0.39, 0.29) is 60.8 Å². The van der Waals surface area contributed by atoms with Gasteiger partial charge >= 0.3 is 0 Å². The molecule has 4 radical (unpaired) electrons. The van der Waals surface area contributed by atoms with Crippen molar-refractivity contribution in [2.24, 2.45) is 0 Å². The van der Waals surface area contributed by atoms with Gasteiger partial charge in [-0.1, -0.05) is 0 Å². The van der Waals surface area contributed by atoms with Crippen LogP contribution in [0.4, 0.5) is 0 Å². The van der Waals surface area contributed by atoms with E-state index in [2.05, 4.69) is 27.6 Å². The smallest absolute Gasteiger partial charge is 0.0832 e. The van der Waals surface area contributed by atoms with Gasteiger partial charge in [0.25, 0.3) is 0 Å². The van der Waals surface area contributed by atoms with Crippen LogP contribution in [-0.2, 0) is 3.84 Å². The monoisotopic (exact) mass is 150 g/mol. The molecule has 5 heteroatoms. The molecule has 0 spiro atoms. The molecule has 0 unspecified atom stereocenters. The maximum atomic E-state index is 4.26. The van der Waals surface area contributed by atoms with Gasteiger partial charge in [0.1, 0.15) is 0 Å². The molecule has 0 aromatic carbocycles. The van der Waals surface area contributed by atoms with Gasteiger partial charge in [-0.2, -0.15) is 3.84 Å². The van der Waals surface area contributed by atoms with Gasteiger partial charge in [-0.3, -0.25) is 0 Å². The summed E-state index contributed by atoms with van der Waals surface area (Å²) in [5.41, 5.74) is 0. The predicted octanol–water partition coefficient (Wildman–Crippen LogP) is 0.549. The topological polar surface area (TPSA) is 9.23 Å². The van der Waals surface area contributed by atoms with Crippen molar-refractivity contribution in [3.8, 4) is 0 Å². The summed E-state index contributed by atoms with van der Waals surface area (Å²) in [5, 5.41) is 0. The quantitative estimate of drug-likeness (QED) is 0.459. The molecule has 0 fully saturated rings. The molecular formula is CaCl2MgO. The molecule has 24 valence electrons. The summed E-state index contributed by atoms with van der Waals surface area (Å²) < 4.78 is 3.19. The molecule has 5 heavy (non-hydrogen) atoms. The summed E-state index contributed by atoms with van der Waals surface area (Å²) in [5.74, 6) is 0. The van der Waals surface area contributed by atoms with Crippen LogP contribution in [0.5, 0.6) is 0 Å². The molecule has 0 aromatic rings. The minimum Gasteiger partial charge on any atom is -0.166 e. The fraction of sp³-hybridized carbons (Fsp3) is 0. The Kier molecular flexibility index (Phi) is 50.1. The van der Waals surface area contributed by atoms with E-state index in [1.165, 1.54) is 0 Å². The summed E-state index contributed by atoms with van der Waals surface area (Å²) >= 11 is 8.53. The molecule has 0 aliphatic rings. The van der Waals surface area contributed by atoms with Crippen LogP contribution >= 0.6 is 23.7 Å². The van der Waals surface area contributed by atoms with Gasteiger partial charge in [-0.05, 0) is 0 Å². The molecule has 1 nitrogen and oxygen atoms in total. The van der Waals surface area contributed by atoms with E-state index in [9.17, 15) is 0 Å². The molecular weight excluding hydrogens is 151 g/mol. The third-order valence-corrected chi connectivity index (χ3v) is 0. The fourth-order valence-electron chi connectivity index (χ4n) is 0. The standard InChI is InChI=1S/Ca.Cl2O.Mg/c;1-3-2;. The molecule has 0 rings (SSSR count). The van der Waals surface area contributed by atoms with Gasteiger partial charge in [0, 0.05) is 60.8 Å². The molecule has 0 aliphatic heterocycles. The van der Waals surface area contributed by atoms with Crippen molar-refractivity contribution in [3.05, 3.63) is 0 Å². The van der Waals surface area contributed by atoms with Crippen LogP contribution in [0.15, 0.2) is 0 Å². The second-order valence-electron chi connectivity index (χ2n) is 0.0583. The summed E-state index contributed by atoms with van der Waals surface area (Å²) in [6, 6.07) is 0. The minimum absolute atomic E-state index is 0. The molecule has 0 N–H and O–H groups in total. The first-order valence-corrected chi connectivity index (χ1v) is 0.926. The van der Waals surface area contributed by atoms with E-state index in [1.54, 1.807) is 0 Å². The average molecular weight is 151 g/mol. The van der Waals surface area contributed by atoms with Gasteiger partial charge in [-0.25, -0.2) is 0 Å². The van der Waals surface area contributed by atoms with Crippen LogP contribution < -0.4 is 0 Å². The number of hydrogen-bond donors (Lipinski definition) is 0. The Labute approximate surface area is 86.8 Å². The van der Waals surface area contributed by atoms with Crippen molar-refractivity contribution in [2.45, 2.75) is 0 Å². The van der Waals surface area contributed by atoms with Gasteiger partial charge in [0.15, 0.2) is 0 Å². The summed E-state index contributed by atoms with van der Waals surface area (Å²) in [6.45, 7) is 0. The molecule has 0 aromatic heterocycles. The van der Waals surface area contributed by atoms with Gasteiger partial charge in [0.05, 0.1) is 23.7 Å². The average Bonchev–Trinajstić information content (AvgIpc) is 0.918. The first-order chi connectivity index (χ1) is 1.41. The number of rotatable bonds is 0. The van der Waals surface area contributed by atoms with Crippen molar-refractivity contribution in [3.63, 3.8) is 0 Å². The number of hydrogen-bond acceptors (Lipinski definition) is 1. The second kappa shape index (κ2) is 16.0. The van der Waals surface area contributed by atoms with Crippen LogP contribution in [-0.4, -0.2) is 60.8 Å². The van der Waals surface area contributed by atoms with Crippen molar-refractivity contribution in [1.82, 2.24) is 0 Å². The van der Waals surface area contributed by atoms with Crippen molar-refractivity contribution >= 4 is 84.5 Å². The fourth-order valence-corrected chi connectivity index (χ4v) is 0. The number of halogens is 2. The van der Waals surface area contributed by atoms with E-state index in [1.807, 2.05) is 0 Å². The van der Waals surface area contributed by atoms with Crippen molar-refractivity contribution in [2.75, 3.05) is 0 Å². The van der Waals surface area contributed by atoms with Crippen LogP contribution in [0, 0.1) is 0 Å². The first kappa shape index (κ1) is 15.6. The van der Waals surface area contributed by atoms with E-state index >= 15 is 0 Å². The van der Waals surface area contributed by atoms with Crippen molar-refractivity contribution in [1.29, 1.82) is 0 Å². The Balaban J connectivity index is -0.0000000200. The summed E-state index contributed by atoms with van der Waals surface area (Å²) in [4.78, 5) is 0. The molecule has 0 heterocycles. The SMILES string of the molecule is ClOCl.[Ca].[Mg]. The van der Waals surface area contributed by atoms with Gasteiger partial charge in [-0.15, -0.1) is 0 Å². The normalized spacial score (nSPS) is 3.60. The Morgan fingerprint density at radius 2 is 1.20 bits per heavy atom. The molecule has 0 saturated heterocycles. The van der Waals surface area contributed by atoms with Crippen LogP contribution in [0.2, 0.25) is 0 Å². The second-order valence-corrected chi connectivity index (χ2v) is 0.525. The van der Waals surface area contributed by atoms with E-state index in [0.717, 1.165) is 0 Å². The van der Waals surface area contributed by atoms with E-state index in [4.69, 9.17) is 0 Å². The molecule has 0 bridgehead atoms. The Morgan fingerprint density at radius 1 is 1.20 bits per heavy atom. The molecule has 0 atom stereocenters. The van der Waals surface area contributed by atoms with Crippen molar-refractivity contribution < 1.29 is 3.84 Å². The Hall–Kier alpha value is 2.57. The maximum absolute atomic E-state index is 4.26. The van der Waals surface area contributed by atoms with E-state index < -0.39 is 0 Å². The van der Waals surface area contributed by atoms with Crippen LogP contribution in [0.1, 0.15) is 0 Å². The summed E-state index contributed by atoms with van der Waals surface area (Å²) in [7, 11) is 0. The first-order valence-electron chi connectivity index (χ1n) is 0.309. The maximum Gasteiger partial charge on any atom is 0.0832 e. The summed E-state index contributed by atoms with van der Waals surface area (Å²) in [6.07, 6.45) is 0. The van der Waals surface area contributed by atoms with Crippen LogP contribution in [0.3, 0.4) is 0 Å². The largest absolute Gasteiger partial charge is 0.166 e. The third kappa shape index (κ3) is 20.8. The van der Waals surface area contributed by atoms with Gasteiger partial charge in [0.2, 0.25) is 0 Å². The predicted molar refractivity (Wildman–Crippen MR) is 24.3 cm³/mol. The zero-order valence-electron chi connectivity index (χ0n) is 2.58. The molecule has 0 aliphatic carbocycles.